The number of hydrogen-bond donors (Lipinski definition) is 0. The zero-order valence-corrected chi connectivity index (χ0v) is 18.5. The smallest absolute Gasteiger partial charge is 0.328 e. The molecule has 1 aromatic rings. The van der Waals surface area contributed by atoms with Crippen molar-refractivity contribution in [2.45, 2.75) is 40.5 Å². The highest BCUT2D eigenvalue weighted by Crippen LogP contribution is 2.48. The van der Waals surface area contributed by atoms with Crippen molar-refractivity contribution in [3.8, 4) is 5.75 Å². The maximum absolute atomic E-state index is 12.5. The third kappa shape index (κ3) is 5.56. The molecule has 9 heteroatoms. The molecule has 26 heavy (non-hydrogen) atoms. The van der Waals surface area contributed by atoms with Crippen LogP contribution in [0.1, 0.15) is 40.5 Å². The van der Waals surface area contributed by atoms with Crippen molar-refractivity contribution < 1.29 is 19.1 Å². The van der Waals surface area contributed by atoms with Gasteiger partial charge in [0.15, 0.2) is 11.2 Å². The van der Waals surface area contributed by atoms with Gasteiger partial charge in [-0.3, -0.25) is 9.59 Å². The van der Waals surface area contributed by atoms with Gasteiger partial charge in [0.1, 0.15) is 10.0 Å². The minimum absolute atomic E-state index is 0.0630. The van der Waals surface area contributed by atoms with E-state index in [1.165, 1.54) is 13.8 Å². The number of carbonyl (C=O) groups is 2. The fourth-order valence-electron chi connectivity index (χ4n) is 1.81. The molecule has 0 unspecified atom stereocenters. The molecular weight excluding hydrogens is 445 g/mol. The zero-order chi connectivity index (χ0) is 20.2. The molecule has 0 heterocycles. The molecule has 0 aromatic heterocycles. The second-order valence-corrected chi connectivity index (χ2v) is 8.48. The lowest BCUT2D eigenvalue weighted by Gasteiger charge is -2.22. The summed E-state index contributed by atoms with van der Waals surface area (Å²) in [5.74, 6) is -1.40. The highest BCUT2D eigenvalue weighted by Gasteiger charge is 2.41. The number of benzene rings is 1. The summed E-state index contributed by atoms with van der Waals surface area (Å²) < 4.78 is 10.4. The fourth-order valence-corrected chi connectivity index (χ4v) is 3.01. The number of carbonyl (C=O) groups excluding carboxylic acids is 2. The molecule has 4 nitrogen and oxygen atoms in total. The van der Waals surface area contributed by atoms with Crippen molar-refractivity contribution in [1.29, 1.82) is 0 Å². The van der Waals surface area contributed by atoms with Crippen LogP contribution in [0.25, 0.3) is 0 Å². The Bertz CT molecular complexity index is 672. The van der Waals surface area contributed by atoms with Crippen molar-refractivity contribution in [2.75, 3.05) is 6.61 Å². The van der Waals surface area contributed by atoms with Gasteiger partial charge in [-0.15, -0.1) is 0 Å². The summed E-state index contributed by atoms with van der Waals surface area (Å²) in [4.78, 5) is 24.7. The standard InChI is InChI=1S/C17H19Cl5O4/c1-8(2)6-5-7-25-15(23)17(3,4)16(24)26-14-12(21)10(19)9(18)11(20)13(14)22/h8H,5-7H2,1-4H3. The van der Waals surface area contributed by atoms with Gasteiger partial charge in [-0.05, 0) is 32.6 Å². The molecule has 0 saturated heterocycles. The number of halogens is 5. The normalized spacial score (nSPS) is 11.6. The van der Waals surface area contributed by atoms with Gasteiger partial charge in [0, 0.05) is 0 Å². The Labute approximate surface area is 178 Å². The topological polar surface area (TPSA) is 52.6 Å². The van der Waals surface area contributed by atoms with Crippen LogP contribution in [0.3, 0.4) is 0 Å². The summed E-state index contributed by atoms with van der Waals surface area (Å²) in [6.07, 6.45) is 1.61. The maximum Gasteiger partial charge on any atom is 0.328 e. The lowest BCUT2D eigenvalue weighted by Crippen LogP contribution is -2.38. The molecule has 0 aliphatic heterocycles. The Morgan fingerprint density at radius 3 is 1.81 bits per heavy atom. The van der Waals surface area contributed by atoms with Crippen molar-refractivity contribution >= 4 is 69.9 Å². The average Bonchev–Trinajstić information content (AvgIpc) is 2.58. The lowest BCUT2D eigenvalue weighted by molar-refractivity contribution is -0.164. The van der Waals surface area contributed by atoms with Gasteiger partial charge in [0.05, 0.1) is 21.7 Å². The first-order chi connectivity index (χ1) is 11.9. The summed E-state index contributed by atoms with van der Waals surface area (Å²) in [5, 5.41) is -0.646. The first kappa shape index (κ1) is 23.6. The molecule has 0 bridgehead atoms. The molecule has 146 valence electrons. The molecule has 1 rings (SSSR count). The summed E-state index contributed by atoms with van der Waals surface area (Å²) >= 11 is 29.8. The summed E-state index contributed by atoms with van der Waals surface area (Å²) in [7, 11) is 0. The van der Waals surface area contributed by atoms with Crippen molar-refractivity contribution in [2.24, 2.45) is 11.3 Å². The molecule has 0 amide bonds. The van der Waals surface area contributed by atoms with E-state index in [1.54, 1.807) is 0 Å². The monoisotopic (exact) mass is 462 g/mol. The second kappa shape index (κ2) is 9.70. The van der Waals surface area contributed by atoms with Gasteiger partial charge < -0.3 is 9.47 Å². The zero-order valence-electron chi connectivity index (χ0n) is 14.7. The van der Waals surface area contributed by atoms with Crippen LogP contribution in [0.4, 0.5) is 0 Å². The Kier molecular flexibility index (Phi) is 8.82. The molecule has 0 spiro atoms. The van der Waals surface area contributed by atoms with E-state index >= 15 is 0 Å². The van der Waals surface area contributed by atoms with Gasteiger partial charge in [-0.25, -0.2) is 0 Å². The van der Waals surface area contributed by atoms with E-state index in [4.69, 9.17) is 67.5 Å². The Hall–Kier alpha value is -0.390. The quantitative estimate of drug-likeness (QED) is 0.110. The maximum atomic E-state index is 12.5. The van der Waals surface area contributed by atoms with Gasteiger partial charge in [0.25, 0.3) is 0 Å². The van der Waals surface area contributed by atoms with Gasteiger partial charge in [-0.1, -0.05) is 71.9 Å². The van der Waals surface area contributed by atoms with Crippen LogP contribution in [0, 0.1) is 11.3 Å². The van der Waals surface area contributed by atoms with E-state index < -0.39 is 17.4 Å². The van der Waals surface area contributed by atoms with Crippen LogP contribution in [0.2, 0.25) is 25.1 Å². The van der Waals surface area contributed by atoms with Crippen LogP contribution in [-0.4, -0.2) is 18.5 Å². The number of ether oxygens (including phenoxy) is 2. The van der Waals surface area contributed by atoms with E-state index in [9.17, 15) is 9.59 Å². The van der Waals surface area contributed by atoms with Gasteiger partial charge in [-0.2, -0.15) is 0 Å². The predicted molar refractivity (Wildman–Crippen MR) is 106 cm³/mol. The predicted octanol–water partition coefficient (Wildman–Crippen LogP) is 6.86. The molecule has 0 N–H and O–H groups in total. The third-order valence-electron chi connectivity index (χ3n) is 3.54. The molecule has 0 saturated carbocycles. The summed E-state index contributed by atoms with van der Waals surface area (Å²) in [6, 6.07) is 0. The lowest BCUT2D eigenvalue weighted by atomic mass is 9.94. The van der Waals surface area contributed by atoms with Crippen LogP contribution in [0.15, 0.2) is 0 Å². The van der Waals surface area contributed by atoms with Crippen LogP contribution in [-0.2, 0) is 14.3 Å². The van der Waals surface area contributed by atoms with Crippen LogP contribution in [0.5, 0.6) is 5.75 Å². The van der Waals surface area contributed by atoms with E-state index in [0.717, 1.165) is 6.42 Å². The number of rotatable bonds is 7. The molecular formula is C17H19Cl5O4. The molecule has 0 fully saturated rings. The highest BCUT2D eigenvalue weighted by molar-refractivity contribution is 6.55. The minimum atomic E-state index is -1.58. The second-order valence-electron chi connectivity index (χ2n) is 6.59. The third-order valence-corrected chi connectivity index (χ3v) is 5.79. The van der Waals surface area contributed by atoms with Gasteiger partial charge in [0.2, 0.25) is 0 Å². The van der Waals surface area contributed by atoms with E-state index in [-0.39, 0.29) is 37.5 Å². The SMILES string of the molecule is CC(C)CCCOC(=O)C(C)(C)C(=O)Oc1c(Cl)c(Cl)c(Cl)c(Cl)c1Cl. The van der Waals surface area contributed by atoms with Crippen molar-refractivity contribution in [3.05, 3.63) is 25.1 Å². The van der Waals surface area contributed by atoms with Gasteiger partial charge >= 0.3 is 11.9 Å². The number of hydrogen-bond acceptors (Lipinski definition) is 4. The highest BCUT2D eigenvalue weighted by atomic mass is 35.5. The number of esters is 2. The van der Waals surface area contributed by atoms with E-state index in [1.807, 2.05) is 0 Å². The molecule has 0 atom stereocenters. The Morgan fingerprint density at radius 1 is 0.885 bits per heavy atom. The fraction of sp³-hybridized carbons (Fsp3) is 0.529. The Balaban J connectivity index is 2.91. The molecule has 1 aromatic carbocycles. The van der Waals surface area contributed by atoms with Crippen molar-refractivity contribution in [3.63, 3.8) is 0 Å². The van der Waals surface area contributed by atoms with Crippen LogP contribution >= 0.6 is 58.0 Å². The summed E-state index contributed by atoms with van der Waals surface area (Å²) in [5.41, 5.74) is -1.58. The largest absolute Gasteiger partial charge is 0.465 e. The van der Waals surface area contributed by atoms with E-state index in [0.29, 0.717) is 12.3 Å². The van der Waals surface area contributed by atoms with Crippen molar-refractivity contribution in [1.82, 2.24) is 0 Å². The molecule has 0 aliphatic carbocycles. The molecule has 0 aliphatic rings. The molecule has 0 radical (unpaired) electrons. The van der Waals surface area contributed by atoms with E-state index in [2.05, 4.69) is 13.8 Å². The summed E-state index contributed by atoms with van der Waals surface area (Å²) in [6.45, 7) is 7.11. The first-order valence-corrected chi connectivity index (χ1v) is 9.71. The first-order valence-electron chi connectivity index (χ1n) is 7.82. The Morgan fingerprint density at radius 2 is 1.35 bits per heavy atom. The minimum Gasteiger partial charge on any atom is -0.465 e. The van der Waals surface area contributed by atoms with Crippen LogP contribution < -0.4 is 4.74 Å². The average molecular weight is 465 g/mol.